The Morgan fingerprint density at radius 1 is 1.24 bits per heavy atom. The Morgan fingerprint density at radius 2 is 1.95 bits per heavy atom. The first kappa shape index (κ1) is 15.4. The number of nitrogen functional groups attached to an aromatic ring is 1. The Hall–Kier alpha value is -2.01. The Bertz CT molecular complexity index is 627. The summed E-state index contributed by atoms with van der Waals surface area (Å²) in [4.78, 5) is 11.8. The summed E-state index contributed by atoms with van der Waals surface area (Å²) in [6.07, 6.45) is 0.976. The van der Waals surface area contributed by atoms with Crippen molar-refractivity contribution in [2.75, 3.05) is 17.7 Å². The molecular weight excluding hydrogens is 332 g/mol. The lowest BCUT2D eigenvalue weighted by Crippen LogP contribution is -2.20. The average molecular weight is 349 g/mol. The molecular formula is C16H17BrN2O2. The molecule has 0 spiro atoms. The highest BCUT2D eigenvalue weighted by atomic mass is 79.9. The number of nitrogens with two attached hydrogens (primary N) is 1. The Balaban J connectivity index is 1.89. The molecule has 5 heteroatoms. The number of halogens is 1. The molecule has 1 amide bonds. The topological polar surface area (TPSA) is 64.3 Å². The second kappa shape index (κ2) is 7.13. The number of benzene rings is 2. The lowest BCUT2D eigenvalue weighted by Gasteiger charge is -2.10. The number of carbonyl (C=O) groups is 1. The van der Waals surface area contributed by atoms with Gasteiger partial charge in [-0.3, -0.25) is 4.79 Å². The molecule has 3 N–H and O–H groups in total. The van der Waals surface area contributed by atoms with Crippen LogP contribution in [-0.2, 0) is 11.2 Å². The van der Waals surface area contributed by atoms with E-state index in [1.165, 1.54) is 5.56 Å². The Morgan fingerprint density at radius 3 is 2.57 bits per heavy atom. The summed E-state index contributed by atoms with van der Waals surface area (Å²) in [5.41, 5.74) is 8.14. The molecule has 0 bridgehead atoms. The molecule has 0 heterocycles. The lowest BCUT2D eigenvalue weighted by atomic mass is 10.2. The van der Waals surface area contributed by atoms with E-state index in [0.29, 0.717) is 17.1 Å². The van der Waals surface area contributed by atoms with Gasteiger partial charge in [-0.25, -0.2) is 0 Å². The van der Waals surface area contributed by atoms with E-state index in [9.17, 15) is 4.79 Å². The summed E-state index contributed by atoms with van der Waals surface area (Å²) < 4.78 is 6.31. The number of rotatable bonds is 5. The molecule has 4 nitrogen and oxygen atoms in total. The number of nitrogens with one attached hydrogen (secondary N) is 1. The van der Waals surface area contributed by atoms with Gasteiger partial charge in [-0.15, -0.1) is 0 Å². The number of hydrogen-bond acceptors (Lipinski definition) is 3. The van der Waals surface area contributed by atoms with Gasteiger partial charge >= 0.3 is 0 Å². The van der Waals surface area contributed by atoms with Gasteiger partial charge in [-0.05, 0) is 42.3 Å². The van der Waals surface area contributed by atoms with Crippen LogP contribution in [0.3, 0.4) is 0 Å². The summed E-state index contributed by atoms with van der Waals surface area (Å²) in [6.45, 7) is 2.03. The van der Waals surface area contributed by atoms with Gasteiger partial charge < -0.3 is 15.8 Å². The summed E-state index contributed by atoms with van der Waals surface area (Å²) in [6, 6.07) is 13.0. The largest absolute Gasteiger partial charge is 0.484 e. The Kier molecular flexibility index (Phi) is 5.22. The minimum absolute atomic E-state index is 0.0546. The van der Waals surface area contributed by atoms with Gasteiger partial charge in [0.05, 0.1) is 11.4 Å². The molecule has 2 rings (SSSR count). The summed E-state index contributed by atoms with van der Waals surface area (Å²) in [5.74, 6) is 0.426. The number of anilines is 2. The first-order valence-electron chi connectivity index (χ1n) is 6.65. The van der Waals surface area contributed by atoms with Crippen LogP contribution in [0.25, 0.3) is 0 Å². The van der Waals surface area contributed by atoms with E-state index in [1.54, 1.807) is 12.1 Å². The van der Waals surface area contributed by atoms with E-state index in [1.807, 2.05) is 30.3 Å². The number of carbonyl (C=O) groups excluding carboxylic acids is 1. The van der Waals surface area contributed by atoms with Crippen LogP contribution in [0.2, 0.25) is 0 Å². The number of amides is 1. The Labute approximate surface area is 132 Å². The van der Waals surface area contributed by atoms with Gasteiger partial charge in [-0.1, -0.05) is 35.0 Å². The van der Waals surface area contributed by atoms with Crippen molar-refractivity contribution in [2.24, 2.45) is 0 Å². The maximum atomic E-state index is 11.8. The second-order valence-electron chi connectivity index (χ2n) is 4.57. The maximum Gasteiger partial charge on any atom is 0.262 e. The minimum atomic E-state index is -0.247. The van der Waals surface area contributed by atoms with Gasteiger partial charge in [-0.2, -0.15) is 0 Å². The van der Waals surface area contributed by atoms with E-state index < -0.39 is 0 Å². The number of aryl methyl sites for hydroxylation is 1. The monoisotopic (exact) mass is 348 g/mol. The van der Waals surface area contributed by atoms with E-state index in [2.05, 4.69) is 28.2 Å². The van der Waals surface area contributed by atoms with Crippen molar-refractivity contribution in [1.29, 1.82) is 0 Å². The van der Waals surface area contributed by atoms with Gasteiger partial charge in [0.25, 0.3) is 5.91 Å². The molecule has 0 aliphatic heterocycles. The quantitative estimate of drug-likeness (QED) is 0.811. The van der Waals surface area contributed by atoms with Gasteiger partial charge in [0.1, 0.15) is 5.75 Å². The normalized spacial score (nSPS) is 10.2. The molecule has 0 aliphatic rings. The van der Waals surface area contributed by atoms with Crippen molar-refractivity contribution in [3.05, 3.63) is 52.5 Å². The van der Waals surface area contributed by atoms with Crippen molar-refractivity contribution in [1.82, 2.24) is 0 Å². The minimum Gasteiger partial charge on any atom is -0.484 e. The fourth-order valence-electron chi connectivity index (χ4n) is 1.80. The van der Waals surface area contributed by atoms with Gasteiger partial charge in [0.2, 0.25) is 0 Å². The van der Waals surface area contributed by atoms with E-state index in [-0.39, 0.29) is 12.5 Å². The maximum absolute atomic E-state index is 11.8. The van der Waals surface area contributed by atoms with Crippen LogP contribution in [0.1, 0.15) is 12.5 Å². The third-order valence-corrected chi connectivity index (χ3v) is 3.48. The van der Waals surface area contributed by atoms with Crippen molar-refractivity contribution < 1.29 is 9.53 Å². The van der Waals surface area contributed by atoms with E-state index in [4.69, 9.17) is 10.5 Å². The van der Waals surface area contributed by atoms with Crippen molar-refractivity contribution in [3.8, 4) is 5.75 Å². The molecule has 0 radical (unpaired) electrons. The third-order valence-electron chi connectivity index (χ3n) is 2.99. The average Bonchev–Trinajstić information content (AvgIpc) is 2.48. The summed E-state index contributed by atoms with van der Waals surface area (Å²) in [5, 5.41) is 2.72. The number of hydrogen-bond donors (Lipinski definition) is 2. The third kappa shape index (κ3) is 4.49. The van der Waals surface area contributed by atoms with Crippen LogP contribution in [0.15, 0.2) is 46.9 Å². The second-order valence-corrected chi connectivity index (χ2v) is 5.48. The van der Waals surface area contributed by atoms with E-state index >= 15 is 0 Å². The molecule has 0 unspecified atom stereocenters. The first-order chi connectivity index (χ1) is 10.1. The van der Waals surface area contributed by atoms with Crippen molar-refractivity contribution in [3.63, 3.8) is 0 Å². The zero-order chi connectivity index (χ0) is 15.2. The molecule has 0 saturated carbocycles. The smallest absolute Gasteiger partial charge is 0.262 e. The highest BCUT2D eigenvalue weighted by molar-refractivity contribution is 9.10. The van der Waals surface area contributed by atoms with Crippen molar-refractivity contribution in [2.45, 2.75) is 13.3 Å². The zero-order valence-electron chi connectivity index (χ0n) is 11.7. The summed E-state index contributed by atoms with van der Waals surface area (Å²) >= 11 is 3.32. The van der Waals surface area contributed by atoms with E-state index in [0.717, 1.165) is 10.9 Å². The SMILES string of the molecule is CCc1ccc(OCC(=O)Nc2ccc(Br)cc2N)cc1. The first-order valence-corrected chi connectivity index (χ1v) is 7.44. The van der Waals surface area contributed by atoms with Gasteiger partial charge in [0, 0.05) is 4.47 Å². The fourth-order valence-corrected chi connectivity index (χ4v) is 2.18. The fraction of sp³-hybridized carbons (Fsp3) is 0.188. The van der Waals surface area contributed by atoms with Crippen LogP contribution in [0, 0.1) is 0 Å². The van der Waals surface area contributed by atoms with Crippen LogP contribution in [0.4, 0.5) is 11.4 Å². The molecule has 21 heavy (non-hydrogen) atoms. The van der Waals surface area contributed by atoms with Crippen LogP contribution >= 0.6 is 15.9 Å². The predicted octanol–water partition coefficient (Wildman–Crippen LogP) is 3.61. The molecule has 0 aromatic heterocycles. The zero-order valence-corrected chi connectivity index (χ0v) is 13.3. The highest BCUT2D eigenvalue weighted by Gasteiger charge is 2.06. The van der Waals surface area contributed by atoms with Crippen molar-refractivity contribution >= 4 is 33.2 Å². The molecule has 2 aromatic rings. The summed E-state index contributed by atoms with van der Waals surface area (Å²) in [7, 11) is 0. The lowest BCUT2D eigenvalue weighted by molar-refractivity contribution is -0.118. The highest BCUT2D eigenvalue weighted by Crippen LogP contribution is 2.23. The van der Waals surface area contributed by atoms with Crippen LogP contribution in [-0.4, -0.2) is 12.5 Å². The predicted molar refractivity (Wildman–Crippen MR) is 88.5 cm³/mol. The molecule has 0 fully saturated rings. The number of ether oxygens (including phenoxy) is 1. The van der Waals surface area contributed by atoms with Gasteiger partial charge in [0.15, 0.2) is 6.61 Å². The molecule has 110 valence electrons. The van der Waals surface area contributed by atoms with Crippen LogP contribution in [0.5, 0.6) is 5.75 Å². The molecule has 0 atom stereocenters. The molecule has 0 aliphatic carbocycles. The molecule has 2 aromatic carbocycles. The van der Waals surface area contributed by atoms with Crippen LogP contribution < -0.4 is 15.8 Å². The molecule has 0 saturated heterocycles. The standard InChI is InChI=1S/C16H17BrN2O2/c1-2-11-3-6-13(7-4-11)21-10-16(20)19-15-8-5-12(17)9-14(15)18/h3-9H,2,10,18H2,1H3,(H,19,20).